The lowest BCUT2D eigenvalue weighted by Crippen LogP contribution is -2.58. The molecular formula is C29H34N6O4. The summed E-state index contributed by atoms with van der Waals surface area (Å²) in [5, 5.41) is 16.2. The number of carbonyl (C=O) groups is 1. The number of nitrogens with zero attached hydrogens (tertiary/aromatic N) is 6. The number of carboxylic acid groups (broad SMARTS) is 1. The van der Waals surface area contributed by atoms with Gasteiger partial charge < -0.3 is 19.5 Å². The minimum absolute atomic E-state index is 0.0976. The molecule has 2 fully saturated rings. The van der Waals surface area contributed by atoms with Crippen LogP contribution in [-0.2, 0) is 11.8 Å². The highest BCUT2D eigenvalue weighted by atomic mass is 16.7. The van der Waals surface area contributed by atoms with Crippen LogP contribution in [0.1, 0.15) is 44.7 Å². The first-order valence-corrected chi connectivity index (χ1v) is 13.5. The first-order chi connectivity index (χ1) is 18.8. The van der Waals surface area contributed by atoms with E-state index in [9.17, 15) is 9.90 Å². The van der Waals surface area contributed by atoms with Gasteiger partial charge in [-0.15, -0.1) is 0 Å². The predicted molar refractivity (Wildman–Crippen MR) is 149 cm³/mol. The summed E-state index contributed by atoms with van der Waals surface area (Å²) in [5.74, 6) is 1.65. The highest BCUT2D eigenvalue weighted by Crippen LogP contribution is 2.41. The summed E-state index contributed by atoms with van der Waals surface area (Å²) in [5.41, 5.74) is 4.68. The summed E-state index contributed by atoms with van der Waals surface area (Å²) in [6.07, 6.45) is 4.53. The van der Waals surface area contributed by atoms with Crippen molar-refractivity contribution in [3.05, 3.63) is 42.2 Å². The topological polar surface area (TPSA) is 106 Å². The zero-order valence-corrected chi connectivity index (χ0v) is 22.8. The van der Waals surface area contributed by atoms with E-state index in [0.29, 0.717) is 30.6 Å². The van der Waals surface area contributed by atoms with Crippen LogP contribution in [0.15, 0.2) is 36.5 Å². The van der Waals surface area contributed by atoms with E-state index in [4.69, 9.17) is 19.4 Å². The third-order valence-corrected chi connectivity index (χ3v) is 8.00. The van der Waals surface area contributed by atoms with Crippen LogP contribution in [0.3, 0.4) is 0 Å². The van der Waals surface area contributed by atoms with E-state index in [2.05, 4.69) is 28.2 Å². The van der Waals surface area contributed by atoms with Gasteiger partial charge in [0.25, 0.3) is 0 Å². The average Bonchev–Trinajstić information content (AvgIpc) is 3.23. The molecule has 39 heavy (non-hydrogen) atoms. The standard InChI is InChI=1S/C29H34N6O4/c1-17-13-34(14-18(2)35(17)29(36)37)21-8-9-24-22(11-21)27(19-6-5-7-19)31-28(30-24)23-10-20-15-33(3)32-25(20)12-26(23)39-16-38-4/h8-12,15,17-19H,5-7,13-14,16H2,1-4H3,(H,36,37)/t17-,18+. The lowest BCUT2D eigenvalue weighted by atomic mass is 9.81. The third-order valence-electron chi connectivity index (χ3n) is 8.00. The fraction of sp³-hybridized carbons (Fsp3) is 0.448. The molecule has 3 heterocycles. The van der Waals surface area contributed by atoms with Gasteiger partial charge in [0.1, 0.15) is 5.75 Å². The molecule has 0 bridgehead atoms. The van der Waals surface area contributed by atoms with E-state index in [1.165, 1.54) is 6.42 Å². The second-order valence-corrected chi connectivity index (χ2v) is 10.8. The molecule has 204 valence electrons. The molecule has 2 aromatic heterocycles. The third kappa shape index (κ3) is 4.63. The summed E-state index contributed by atoms with van der Waals surface area (Å²) in [4.78, 5) is 25.7. The van der Waals surface area contributed by atoms with E-state index in [-0.39, 0.29) is 18.9 Å². The second kappa shape index (κ2) is 10.00. The summed E-state index contributed by atoms with van der Waals surface area (Å²) < 4.78 is 12.9. The van der Waals surface area contributed by atoms with Crippen LogP contribution in [0.25, 0.3) is 33.2 Å². The molecule has 0 spiro atoms. The number of hydrogen-bond acceptors (Lipinski definition) is 7. The highest BCUT2D eigenvalue weighted by molar-refractivity contribution is 5.90. The molecule has 10 heteroatoms. The van der Waals surface area contributed by atoms with Gasteiger partial charge in [0.2, 0.25) is 0 Å². The van der Waals surface area contributed by atoms with Gasteiger partial charge in [0, 0.05) is 61.9 Å². The highest BCUT2D eigenvalue weighted by Gasteiger charge is 2.33. The number of fused-ring (bicyclic) bond motifs is 2. The number of anilines is 1. The van der Waals surface area contributed by atoms with Crippen LogP contribution < -0.4 is 9.64 Å². The van der Waals surface area contributed by atoms with Crippen molar-refractivity contribution in [1.29, 1.82) is 0 Å². The van der Waals surface area contributed by atoms with Crippen molar-refractivity contribution in [3.8, 4) is 17.1 Å². The van der Waals surface area contributed by atoms with Crippen molar-refractivity contribution in [1.82, 2.24) is 24.6 Å². The number of benzene rings is 2. The summed E-state index contributed by atoms with van der Waals surface area (Å²) in [6.45, 7) is 5.34. The monoisotopic (exact) mass is 530 g/mol. The number of rotatable bonds is 6. The maximum absolute atomic E-state index is 11.7. The van der Waals surface area contributed by atoms with Crippen molar-refractivity contribution in [3.63, 3.8) is 0 Å². The Bertz CT molecular complexity index is 1540. The molecule has 4 aromatic rings. The number of piperazine rings is 1. The normalized spacial score (nSPS) is 20.0. The molecule has 10 nitrogen and oxygen atoms in total. The van der Waals surface area contributed by atoms with Gasteiger partial charge in [0.15, 0.2) is 12.6 Å². The van der Waals surface area contributed by atoms with Crippen LogP contribution >= 0.6 is 0 Å². The van der Waals surface area contributed by atoms with Gasteiger partial charge >= 0.3 is 6.09 Å². The molecule has 1 saturated carbocycles. The molecule has 1 N–H and O–H groups in total. The maximum atomic E-state index is 11.7. The minimum Gasteiger partial charge on any atom is -0.467 e. The zero-order valence-electron chi connectivity index (χ0n) is 22.8. The number of hydrogen-bond donors (Lipinski definition) is 1. The Labute approximate surface area is 227 Å². The molecule has 0 radical (unpaired) electrons. The lowest BCUT2D eigenvalue weighted by Gasteiger charge is -2.44. The van der Waals surface area contributed by atoms with Crippen molar-refractivity contribution < 1.29 is 19.4 Å². The van der Waals surface area contributed by atoms with Gasteiger partial charge in [-0.25, -0.2) is 14.8 Å². The van der Waals surface area contributed by atoms with Gasteiger partial charge in [-0.05, 0) is 51.0 Å². The number of methoxy groups -OCH3 is 1. The molecule has 2 aromatic carbocycles. The number of aryl methyl sites for hydroxylation is 1. The van der Waals surface area contributed by atoms with Crippen LogP contribution in [-0.4, -0.2) is 74.9 Å². The SMILES string of the molecule is COCOc1cc2nn(C)cc2cc1-c1nc(C2CCC2)c2cc(N3C[C@@H](C)N(C(=O)O)[C@@H](C)C3)ccc2n1. The van der Waals surface area contributed by atoms with Crippen LogP contribution in [0.4, 0.5) is 10.5 Å². The summed E-state index contributed by atoms with van der Waals surface area (Å²) in [7, 11) is 3.50. The van der Waals surface area contributed by atoms with Crippen LogP contribution in [0, 0.1) is 0 Å². The zero-order chi connectivity index (χ0) is 27.3. The molecule has 2 aliphatic rings. The Morgan fingerprint density at radius 1 is 1.08 bits per heavy atom. The molecule has 6 rings (SSSR count). The van der Waals surface area contributed by atoms with Gasteiger partial charge in [-0.3, -0.25) is 9.58 Å². The average molecular weight is 531 g/mol. The van der Waals surface area contributed by atoms with Gasteiger partial charge in [-0.2, -0.15) is 5.10 Å². The molecule has 2 atom stereocenters. The van der Waals surface area contributed by atoms with Gasteiger partial charge in [-0.1, -0.05) is 6.42 Å². The first-order valence-electron chi connectivity index (χ1n) is 13.5. The Balaban J connectivity index is 1.44. The van der Waals surface area contributed by atoms with Crippen molar-refractivity contribution in [2.45, 2.75) is 51.1 Å². The summed E-state index contributed by atoms with van der Waals surface area (Å²) >= 11 is 0. The molecule has 1 aliphatic heterocycles. The number of aromatic nitrogens is 4. The minimum atomic E-state index is -0.861. The molecular weight excluding hydrogens is 496 g/mol. The smallest absolute Gasteiger partial charge is 0.407 e. The first kappa shape index (κ1) is 25.4. The van der Waals surface area contributed by atoms with Crippen LogP contribution in [0.2, 0.25) is 0 Å². The van der Waals surface area contributed by atoms with Crippen LogP contribution in [0.5, 0.6) is 5.75 Å². The van der Waals surface area contributed by atoms with E-state index in [1.54, 1.807) is 16.7 Å². The predicted octanol–water partition coefficient (Wildman–Crippen LogP) is 5.01. The Hall–Kier alpha value is -3.92. The van der Waals surface area contributed by atoms with E-state index < -0.39 is 6.09 Å². The quantitative estimate of drug-likeness (QED) is 0.347. The van der Waals surface area contributed by atoms with Crippen molar-refractivity contribution in [2.75, 3.05) is 31.9 Å². The number of amides is 1. The Morgan fingerprint density at radius 3 is 2.51 bits per heavy atom. The fourth-order valence-electron chi connectivity index (χ4n) is 5.95. The molecule has 1 aliphatic carbocycles. The Morgan fingerprint density at radius 2 is 1.85 bits per heavy atom. The lowest BCUT2D eigenvalue weighted by molar-refractivity contribution is 0.0516. The van der Waals surface area contributed by atoms with E-state index in [1.807, 2.05) is 39.2 Å². The van der Waals surface area contributed by atoms with Crippen molar-refractivity contribution in [2.24, 2.45) is 7.05 Å². The van der Waals surface area contributed by atoms with Crippen molar-refractivity contribution >= 4 is 33.6 Å². The fourth-order valence-corrected chi connectivity index (χ4v) is 5.95. The molecule has 1 saturated heterocycles. The van der Waals surface area contributed by atoms with E-state index in [0.717, 1.165) is 51.6 Å². The van der Waals surface area contributed by atoms with E-state index >= 15 is 0 Å². The maximum Gasteiger partial charge on any atom is 0.407 e. The second-order valence-electron chi connectivity index (χ2n) is 10.8. The Kier molecular flexibility index (Phi) is 6.50. The number of ether oxygens (including phenoxy) is 2. The summed E-state index contributed by atoms with van der Waals surface area (Å²) in [6, 6.07) is 10.1. The largest absolute Gasteiger partial charge is 0.467 e. The van der Waals surface area contributed by atoms with Gasteiger partial charge in [0.05, 0.1) is 34.4 Å². The molecule has 0 unspecified atom stereocenters. The molecule has 1 amide bonds.